The molecule has 31 heavy (non-hydrogen) atoms. The molecule has 0 saturated carbocycles. The molecule has 0 bridgehead atoms. The number of aryl methyl sites for hydroxylation is 1. The molecule has 0 radical (unpaired) electrons. The number of piperidine rings is 1. The average Bonchev–Trinajstić information content (AvgIpc) is 2.77. The summed E-state index contributed by atoms with van der Waals surface area (Å²) >= 11 is 1.83. The largest absolute Gasteiger partial charge is 0.381 e. The molecule has 1 atom stereocenters. The second-order valence-corrected chi connectivity index (χ2v) is 10.7. The fraction of sp³-hybridized carbons (Fsp3) is 0.478. The first-order valence-corrected chi connectivity index (χ1v) is 13.2. The van der Waals surface area contributed by atoms with Crippen molar-refractivity contribution in [3.63, 3.8) is 0 Å². The number of nitrogens with two attached hydrogens (primary N) is 1. The number of likely N-dealkylation sites (tertiary alicyclic amines) is 1. The van der Waals surface area contributed by atoms with Gasteiger partial charge in [-0.1, -0.05) is 18.2 Å². The minimum absolute atomic E-state index is 0.145. The Labute approximate surface area is 190 Å². The van der Waals surface area contributed by atoms with E-state index in [4.69, 9.17) is 9.88 Å². The summed E-state index contributed by atoms with van der Waals surface area (Å²) in [7, 11) is -1.90. The van der Waals surface area contributed by atoms with Gasteiger partial charge in [0, 0.05) is 49.1 Å². The van der Waals surface area contributed by atoms with Gasteiger partial charge in [-0.05, 0) is 62.1 Å². The van der Waals surface area contributed by atoms with Crippen LogP contribution in [0.5, 0.6) is 0 Å². The predicted molar refractivity (Wildman–Crippen MR) is 128 cm³/mol. The third kappa shape index (κ3) is 7.50. The predicted octanol–water partition coefficient (Wildman–Crippen LogP) is 3.72. The third-order valence-electron chi connectivity index (χ3n) is 5.74. The van der Waals surface area contributed by atoms with Crippen LogP contribution in [0.1, 0.15) is 24.8 Å². The highest BCUT2D eigenvalue weighted by atomic mass is 32.2. The van der Waals surface area contributed by atoms with Gasteiger partial charge in [-0.25, -0.2) is 13.6 Å². The Balaban J connectivity index is 1.65. The van der Waals surface area contributed by atoms with Crippen LogP contribution >= 0.6 is 11.8 Å². The van der Waals surface area contributed by atoms with Gasteiger partial charge in [-0.2, -0.15) is 0 Å². The quantitative estimate of drug-likeness (QED) is 0.523. The summed E-state index contributed by atoms with van der Waals surface area (Å²) in [5.41, 5.74) is 1.83. The first-order valence-electron chi connectivity index (χ1n) is 10.7. The zero-order valence-electron chi connectivity index (χ0n) is 18.3. The number of nitrogens with zero attached hydrogens (tertiary/aromatic N) is 1. The molecule has 170 valence electrons. The smallest absolute Gasteiger partial charge is 0.238 e. The first-order chi connectivity index (χ1) is 14.8. The van der Waals surface area contributed by atoms with Gasteiger partial charge < -0.3 is 15.0 Å². The molecule has 8 heteroatoms. The maximum absolute atomic E-state index is 11.6. The number of nitrogens with one attached hydrogen (secondary N) is 1. The monoisotopic (exact) mass is 463 g/mol. The van der Waals surface area contributed by atoms with Crippen LogP contribution in [-0.4, -0.2) is 58.0 Å². The number of hydrogen-bond acceptors (Lipinski definition) is 6. The van der Waals surface area contributed by atoms with E-state index < -0.39 is 10.0 Å². The highest BCUT2D eigenvalue weighted by molar-refractivity contribution is 7.99. The fourth-order valence-electron chi connectivity index (χ4n) is 3.81. The standard InChI is InChI=1S/C23H33N3O3S2/c1-18-16-22(31(24,27)28)8-9-23(18)25-19(17-30-21-6-4-3-5-7-21)10-13-26-14-11-20(29-2)12-15-26/h3-9,16,19-20,25H,10-15,17H2,1-2H3,(H2,24,27,28)/t19-/m1/s1. The minimum atomic E-state index is -3.70. The number of methoxy groups -OCH3 is 1. The van der Waals surface area contributed by atoms with Crippen molar-refractivity contribution in [1.29, 1.82) is 0 Å². The number of benzene rings is 2. The first kappa shape index (κ1) is 24.1. The lowest BCUT2D eigenvalue weighted by molar-refractivity contribution is 0.0406. The van der Waals surface area contributed by atoms with E-state index >= 15 is 0 Å². The van der Waals surface area contributed by atoms with Crippen molar-refractivity contribution >= 4 is 27.5 Å². The van der Waals surface area contributed by atoms with Gasteiger partial charge in [-0.3, -0.25) is 0 Å². The van der Waals surface area contributed by atoms with E-state index in [0.29, 0.717) is 6.10 Å². The van der Waals surface area contributed by atoms with Crippen LogP contribution < -0.4 is 10.5 Å². The Morgan fingerprint density at radius 3 is 2.52 bits per heavy atom. The van der Waals surface area contributed by atoms with Gasteiger partial charge in [0.05, 0.1) is 11.0 Å². The number of ether oxygens (including phenoxy) is 1. The molecule has 1 aliphatic heterocycles. The lowest BCUT2D eigenvalue weighted by atomic mass is 10.1. The number of hydrogen-bond donors (Lipinski definition) is 2. The van der Waals surface area contributed by atoms with Crippen LogP contribution in [0.4, 0.5) is 5.69 Å². The molecule has 1 aliphatic rings. The molecule has 1 fully saturated rings. The molecule has 2 aromatic carbocycles. The van der Waals surface area contributed by atoms with E-state index in [-0.39, 0.29) is 10.9 Å². The molecular weight excluding hydrogens is 430 g/mol. The van der Waals surface area contributed by atoms with Gasteiger partial charge in [-0.15, -0.1) is 11.8 Å². The second-order valence-electron chi connectivity index (χ2n) is 8.05. The highest BCUT2D eigenvalue weighted by Gasteiger charge is 2.20. The van der Waals surface area contributed by atoms with Crippen LogP contribution in [0.25, 0.3) is 0 Å². The Hall–Kier alpha value is -1.58. The van der Waals surface area contributed by atoms with Crippen LogP contribution in [-0.2, 0) is 14.8 Å². The number of thioether (sulfide) groups is 1. The minimum Gasteiger partial charge on any atom is -0.381 e. The average molecular weight is 464 g/mol. The Bertz CT molecular complexity index is 930. The van der Waals surface area contributed by atoms with Crippen LogP contribution in [0, 0.1) is 6.92 Å². The van der Waals surface area contributed by atoms with Crippen LogP contribution in [0.15, 0.2) is 58.3 Å². The van der Waals surface area contributed by atoms with Gasteiger partial charge in [0.25, 0.3) is 0 Å². The third-order valence-corrected chi connectivity index (χ3v) is 7.83. The second kappa shape index (κ2) is 11.3. The molecular formula is C23H33N3O3S2. The Morgan fingerprint density at radius 1 is 1.19 bits per heavy atom. The summed E-state index contributed by atoms with van der Waals surface area (Å²) in [6, 6.07) is 15.7. The van der Waals surface area contributed by atoms with Gasteiger partial charge in [0.15, 0.2) is 0 Å². The lowest BCUT2D eigenvalue weighted by Crippen LogP contribution is -2.39. The van der Waals surface area contributed by atoms with E-state index in [0.717, 1.165) is 55.9 Å². The van der Waals surface area contributed by atoms with Crippen LogP contribution in [0.3, 0.4) is 0 Å². The lowest BCUT2D eigenvalue weighted by Gasteiger charge is -2.32. The number of anilines is 1. The molecule has 3 N–H and O–H groups in total. The highest BCUT2D eigenvalue weighted by Crippen LogP contribution is 2.24. The van der Waals surface area contributed by atoms with Crippen molar-refractivity contribution in [1.82, 2.24) is 4.90 Å². The maximum atomic E-state index is 11.6. The molecule has 1 saturated heterocycles. The fourth-order valence-corrected chi connectivity index (χ4v) is 5.40. The molecule has 0 aromatic heterocycles. The summed E-state index contributed by atoms with van der Waals surface area (Å²) in [5, 5.41) is 8.92. The van der Waals surface area contributed by atoms with Crippen molar-refractivity contribution < 1.29 is 13.2 Å². The van der Waals surface area contributed by atoms with Gasteiger partial charge in [0.1, 0.15) is 0 Å². The van der Waals surface area contributed by atoms with Gasteiger partial charge in [0.2, 0.25) is 10.0 Å². The zero-order valence-corrected chi connectivity index (χ0v) is 19.9. The molecule has 1 heterocycles. The van der Waals surface area contributed by atoms with E-state index in [9.17, 15) is 8.42 Å². The molecule has 0 amide bonds. The number of primary sulfonamides is 1. The van der Waals surface area contributed by atoms with E-state index in [2.05, 4.69) is 34.5 Å². The normalized spacial score (nSPS) is 16.9. The Morgan fingerprint density at radius 2 is 1.90 bits per heavy atom. The number of rotatable bonds is 10. The van der Waals surface area contributed by atoms with E-state index in [1.165, 1.54) is 4.90 Å². The van der Waals surface area contributed by atoms with E-state index in [1.807, 2.05) is 30.8 Å². The zero-order chi connectivity index (χ0) is 22.3. The molecule has 0 aliphatic carbocycles. The SMILES string of the molecule is COC1CCN(CC[C@H](CSc2ccccc2)Nc2ccc(S(N)(=O)=O)cc2C)CC1. The molecule has 2 aromatic rings. The summed E-state index contributed by atoms with van der Waals surface area (Å²) in [4.78, 5) is 3.90. The van der Waals surface area contributed by atoms with Crippen LogP contribution in [0.2, 0.25) is 0 Å². The van der Waals surface area contributed by atoms with Crippen molar-refractivity contribution in [3.05, 3.63) is 54.1 Å². The summed E-state index contributed by atoms with van der Waals surface area (Å²) in [6.07, 6.45) is 3.57. The molecule has 0 unspecified atom stereocenters. The molecule has 6 nitrogen and oxygen atoms in total. The summed E-state index contributed by atoms with van der Waals surface area (Å²) in [5.74, 6) is 0.926. The topological polar surface area (TPSA) is 84.7 Å². The number of sulfonamides is 1. The van der Waals surface area contributed by atoms with Crippen molar-refractivity contribution in [2.24, 2.45) is 5.14 Å². The maximum Gasteiger partial charge on any atom is 0.238 e. The van der Waals surface area contributed by atoms with Crippen molar-refractivity contribution in [3.8, 4) is 0 Å². The van der Waals surface area contributed by atoms with Gasteiger partial charge >= 0.3 is 0 Å². The van der Waals surface area contributed by atoms with E-state index in [1.54, 1.807) is 19.2 Å². The molecule has 0 spiro atoms. The van der Waals surface area contributed by atoms with Crippen molar-refractivity contribution in [2.45, 2.75) is 48.1 Å². The summed E-state index contributed by atoms with van der Waals surface area (Å²) in [6.45, 7) is 5.07. The molecule has 3 rings (SSSR count). The van der Waals surface area contributed by atoms with Crippen molar-refractivity contribution in [2.75, 3.05) is 37.8 Å². The summed E-state index contributed by atoms with van der Waals surface area (Å²) < 4.78 is 28.8. The Kier molecular flexibility index (Phi) is 8.80.